The van der Waals surface area contributed by atoms with Gasteiger partial charge in [-0.2, -0.15) is 5.10 Å². The Morgan fingerprint density at radius 1 is 1.44 bits per heavy atom. The maximum atomic E-state index is 12.0. The molecule has 0 aromatic carbocycles. The second-order valence-corrected chi connectivity index (χ2v) is 6.29. The van der Waals surface area contributed by atoms with E-state index in [2.05, 4.69) is 14.9 Å². The Bertz CT molecular complexity index is 462. The molecule has 104 valence electrons. The number of hydrogen-bond acceptors (Lipinski definition) is 4. The number of aliphatic hydroxyl groups is 1. The second kappa shape index (κ2) is 6.31. The Hall–Kier alpha value is -0.920. The fraction of sp³-hybridized carbons (Fsp3) is 0.727. The minimum absolute atomic E-state index is 0.132. The standard InChI is InChI=1S/C11H21N3O3S/c1-8(7-15)5-4-6-12-18(16,17)11-9(2)13-14-10(11)3/h8,12,15H,4-7H2,1-3H3,(H,13,14). The number of aryl methyl sites for hydroxylation is 2. The molecule has 0 aliphatic heterocycles. The topological polar surface area (TPSA) is 95.1 Å². The summed E-state index contributed by atoms with van der Waals surface area (Å²) >= 11 is 0. The molecule has 0 radical (unpaired) electrons. The van der Waals surface area contributed by atoms with Crippen molar-refractivity contribution in [1.29, 1.82) is 0 Å². The largest absolute Gasteiger partial charge is 0.396 e. The summed E-state index contributed by atoms with van der Waals surface area (Å²) in [6, 6.07) is 0. The summed E-state index contributed by atoms with van der Waals surface area (Å²) in [6.07, 6.45) is 1.50. The molecule has 1 unspecified atom stereocenters. The van der Waals surface area contributed by atoms with Crippen LogP contribution in [-0.4, -0.2) is 36.9 Å². The van der Waals surface area contributed by atoms with Gasteiger partial charge in [0.1, 0.15) is 4.90 Å². The van der Waals surface area contributed by atoms with Crippen molar-refractivity contribution in [2.75, 3.05) is 13.2 Å². The summed E-state index contributed by atoms with van der Waals surface area (Å²) in [7, 11) is -3.49. The first-order valence-corrected chi connectivity index (χ1v) is 7.49. The summed E-state index contributed by atoms with van der Waals surface area (Å²) in [6.45, 7) is 5.77. The molecular weight excluding hydrogens is 254 g/mol. The van der Waals surface area contributed by atoms with Gasteiger partial charge in [-0.05, 0) is 32.6 Å². The molecule has 1 aromatic heterocycles. The number of rotatable bonds is 7. The van der Waals surface area contributed by atoms with Crippen LogP contribution in [0.3, 0.4) is 0 Å². The molecule has 3 N–H and O–H groups in total. The van der Waals surface area contributed by atoms with Crippen LogP contribution in [-0.2, 0) is 10.0 Å². The fourth-order valence-corrected chi connectivity index (χ4v) is 3.20. The van der Waals surface area contributed by atoms with Gasteiger partial charge >= 0.3 is 0 Å². The van der Waals surface area contributed by atoms with E-state index in [1.165, 1.54) is 0 Å². The number of aromatic amines is 1. The number of aromatic nitrogens is 2. The highest BCUT2D eigenvalue weighted by atomic mass is 32.2. The van der Waals surface area contributed by atoms with Crippen LogP contribution in [0, 0.1) is 19.8 Å². The predicted octanol–water partition coefficient (Wildman–Crippen LogP) is 0.713. The van der Waals surface area contributed by atoms with Crippen molar-refractivity contribution in [1.82, 2.24) is 14.9 Å². The molecule has 6 nitrogen and oxygen atoms in total. The monoisotopic (exact) mass is 275 g/mol. The lowest BCUT2D eigenvalue weighted by Gasteiger charge is -2.09. The normalized spacial score (nSPS) is 13.8. The maximum absolute atomic E-state index is 12.0. The Morgan fingerprint density at radius 2 is 2.11 bits per heavy atom. The van der Waals surface area contributed by atoms with Crippen LogP contribution < -0.4 is 4.72 Å². The van der Waals surface area contributed by atoms with Crippen molar-refractivity contribution in [2.24, 2.45) is 5.92 Å². The van der Waals surface area contributed by atoms with Crippen molar-refractivity contribution in [3.8, 4) is 0 Å². The van der Waals surface area contributed by atoms with Crippen molar-refractivity contribution in [2.45, 2.75) is 38.5 Å². The predicted molar refractivity (Wildman–Crippen MR) is 68.7 cm³/mol. The molecule has 0 bridgehead atoms. The van der Waals surface area contributed by atoms with Crippen LogP contribution in [0.1, 0.15) is 31.2 Å². The van der Waals surface area contributed by atoms with Crippen molar-refractivity contribution < 1.29 is 13.5 Å². The van der Waals surface area contributed by atoms with E-state index in [1.54, 1.807) is 13.8 Å². The third kappa shape index (κ3) is 3.79. The first kappa shape index (κ1) is 15.1. The molecule has 1 atom stereocenters. The fourth-order valence-electron chi connectivity index (χ4n) is 1.76. The second-order valence-electron chi connectivity index (χ2n) is 4.59. The van der Waals surface area contributed by atoms with E-state index in [-0.39, 0.29) is 17.4 Å². The molecule has 0 saturated heterocycles. The van der Waals surface area contributed by atoms with Crippen molar-refractivity contribution in [3.63, 3.8) is 0 Å². The van der Waals surface area contributed by atoms with Gasteiger partial charge in [-0.15, -0.1) is 0 Å². The summed E-state index contributed by atoms with van der Waals surface area (Å²) in [4.78, 5) is 0.234. The first-order valence-electron chi connectivity index (χ1n) is 6.00. The van der Waals surface area contributed by atoms with Crippen LogP contribution in [0.5, 0.6) is 0 Å². The van der Waals surface area contributed by atoms with E-state index in [0.717, 1.165) is 6.42 Å². The Morgan fingerprint density at radius 3 is 2.61 bits per heavy atom. The van der Waals surface area contributed by atoms with Gasteiger partial charge in [-0.1, -0.05) is 6.92 Å². The van der Waals surface area contributed by atoms with Gasteiger partial charge in [0.2, 0.25) is 10.0 Å². The highest BCUT2D eigenvalue weighted by molar-refractivity contribution is 7.89. The van der Waals surface area contributed by atoms with Gasteiger partial charge in [-0.25, -0.2) is 13.1 Å². The molecule has 0 aliphatic rings. The molecule has 0 amide bonds. The number of nitrogens with zero attached hydrogens (tertiary/aromatic N) is 1. The van der Waals surface area contributed by atoms with Gasteiger partial charge in [0.05, 0.1) is 11.4 Å². The van der Waals surface area contributed by atoms with Crippen LogP contribution in [0.4, 0.5) is 0 Å². The molecule has 18 heavy (non-hydrogen) atoms. The summed E-state index contributed by atoms with van der Waals surface area (Å²) in [5, 5.41) is 15.4. The molecule has 7 heteroatoms. The lowest BCUT2D eigenvalue weighted by Crippen LogP contribution is -2.26. The third-order valence-corrected chi connectivity index (χ3v) is 4.53. The van der Waals surface area contributed by atoms with E-state index in [1.807, 2.05) is 6.92 Å². The van der Waals surface area contributed by atoms with Crippen LogP contribution >= 0.6 is 0 Å². The molecule has 1 aromatic rings. The Kier molecular flexibility index (Phi) is 5.30. The van der Waals surface area contributed by atoms with Gasteiger partial charge < -0.3 is 5.11 Å². The van der Waals surface area contributed by atoms with Gasteiger partial charge in [0.15, 0.2) is 0 Å². The minimum Gasteiger partial charge on any atom is -0.396 e. The number of sulfonamides is 1. The van der Waals surface area contributed by atoms with E-state index in [4.69, 9.17) is 5.11 Å². The third-order valence-electron chi connectivity index (χ3n) is 2.81. The lowest BCUT2D eigenvalue weighted by molar-refractivity contribution is 0.228. The maximum Gasteiger partial charge on any atom is 0.244 e. The van der Waals surface area contributed by atoms with E-state index in [9.17, 15) is 8.42 Å². The summed E-state index contributed by atoms with van der Waals surface area (Å²) < 4.78 is 26.6. The zero-order chi connectivity index (χ0) is 13.8. The molecular formula is C11H21N3O3S. The van der Waals surface area contributed by atoms with E-state index >= 15 is 0 Å². The molecule has 0 fully saturated rings. The number of aliphatic hydroxyl groups excluding tert-OH is 1. The highest BCUT2D eigenvalue weighted by Crippen LogP contribution is 2.16. The highest BCUT2D eigenvalue weighted by Gasteiger charge is 2.21. The van der Waals surface area contributed by atoms with Gasteiger partial charge in [0.25, 0.3) is 0 Å². The van der Waals surface area contributed by atoms with Crippen LogP contribution in [0.25, 0.3) is 0 Å². The van der Waals surface area contributed by atoms with Crippen LogP contribution in [0.15, 0.2) is 4.90 Å². The van der Waals surface area contributed by atoms with E-state index < -0.39 is 10.0 Å². The van der Waals surface area contributed by atoms with E-state index in [0.29, 0.717) is 24.4 Å². The zero-order valence-electron chi connectivity index (χ0n) is 11.0. The Labute approximate surface area is 108 Å². The molecule has 1 rings (SSSR count). The van der Waals surface area contributed by atoms with Gasteiger partial charge in [-0.3, -0.25) is 5.10 Å². The average molecular weight is 275 g/mol. The Balaban J connectivity index is 2.56. The SMILES string of the molecule is Cc1n[nH]c(C)c1S(=O)(=O)NCCCC(C)CO. The molecule has 0 aliphatic carbocycles. The van der Waals surface area contributed by atoms with Gasteiger partial charge in [0, 0.05) is 13.2 Å². The molecule has 1 heterocycles. The smallest absolute Gasteiger partial charge is 0.244 e. The minimum atomic E-state index is -3.49. The summed E-state index contributed by atoms with van der Waals surface area (Å²) in [5.74, 6) is 0.201. The van der Waals surface area contributed by atoms with Crippen molar-refractivity contribution in [3.05, 3.63) is 11.4 Å². The number of hydrogen-bond donors (Lipinski definition) is 3. The summed E-state index contributed by atoms with van der Waals surface area (Å²) in [5.41, 5.74) is 1.02. The first-order chi connectivity index (χ1) is 8.38. The molecule has 0 spiro atoms. The quantitative estimate of drug-likeness (QED) is 0.639. The van der Waals surface area contributed by atoms with Crippen molar-refractivity contribution >= 4 is 10.0 Å². The average Bonchev–Trinajstić information content (AvgIpc) is 2.64. The zero-order valence-corrected chi connectivity index (χ0v) is 11.8. The van der Waals surface area contributed by atoms with Crippen LogP contribution in [0.2, 0.25) is 0 Å². The molecule has 0 saturated carbocycles. The number of nitrogens with one attached hydrogen (secondary N) is 2. The lowest BCUT2D eigenvalue weighted by atomic mass is 10.1. The number of H-pyrrole nitrogens is 1.